The number of hydrogen-bond donors (Lipinski definition) is 2. The van der Waals surface area contributed by atoms with Crippen LogP contribution < -0.4 is 15.4 Å². The summed E-state index contributed by atoms with van der Waals surface area (Å²) >= 11 is 6.19. The van der Waals surface area contributed by atoms with Crippen LogP contribution in [0.1, 0.15) is 6.92 Å². The number of methoxy groups -OCH3 is 1. The molecule has 4 rings (SSSR count). The van der Waals surface area contributed by atoms with Gasteiger partial charge in [0.1, 0.15) is 12.1 Å². The van der Waals surface area contributed by atoms with Crippen molar-refractivity contribution in [2.45, 2.75) is 6.92 Å². The molecule has 0 fully saturated rings. The van der Waals surface area contributed by atoms with E-state index in [1.165, 1.54) is 0 Å². The van der Waals surface area contributed by atoms with Gasteiger partial charge in [0.15, 0.2) is 0 Å². The molecule has 0 spiro atoms. The van der Waals surface area contributed by atoms with Crippen molar-refractivity contribution in [1.82, 2.24) is 14.9 Å². The smallest absolute Gasteiger partial charge is 0.319 e. The number of imidazole rings is 1. The van der Waals surface area contributed by atoms with Crippen LogP contribution >= 0.6 is 11.6 Å². The molecule has 0 saturated carbocycles. The molecule has 3 aromatic carbocycles. The molecule has 0 saturated heterocycles. The lowest BCUT2D eigenvalue weighted by Gasteiger charge is -2.13. The van der Waals surface area contributed by atoms with E-state index >= 15 is 0 Å². The number of aromatic nitrogens is 2. The number of benzene rings is 3. The second kappa shape index (κ2) is 8.47. The van der Waals surface area contributed by atoms with E-state index in [2.05, 4.69) is 15.6 Å². The summed E-state index contributed by atoms with van der Waals surface area (Å²) in [5.41, 5.74) is 5.21. The highest BCUT2D eigenvalue weighted by atomic mass is 35.5. The molecule has 4 aromatic rings. The van der Waals surface area contributed by atoms with E-state index in [9.17, 15) is 4.79 Å². The van der Waals surface area contributed by atoms with Crippen molar-refractivity contribution in [1.29, 1.82) is 0 Å². The zero-order chi connectivity index (χ0) is 21.1. The van der Waals surface area contributed by atoms with Gasteiger partial charge >= 0.3 is 6.03 Å². The number of amides is 2. The number of fused-ring (bicyclic) bond motifs is 1. The van der Waals surface area contributed by atoms with Crippen LogP contribution in [0, 0.1) is 0 Å². The Kier molecular flexibility index (Phi) is 5.59. The molecule has 1 heterocycles. The van der Waals surface area contributed by atoms with Gasteiger partial charge in [-0.05, 0) is 61.0 Å². The van der Waals surface area contributed by atoms with Crippen molar-refractivity contribution >= 4 is 34.4 Å². The number of rotatable bonds is 5. The summed E-state index contributed by atoms with van der Waals surface area (Å²) in [7, 11) is 1.65. The van der Waals surface area contributed by atoms with Gasteiger partial charge in [0.05, 0.1) is 18.1 Å². The zero-order valence-electron chi connectivity index (χ0n) is 16.6. The summed E-state index contributed by atoms with van der Waals surface area (Å²) in [5, 5.41) is 6.23. The zero-order valence-corrected chi connectivity index (χ0v) is 17.4. The summed E-state index contributed by atoms with van der Waals surface area (Å²) in [4.78, 5) is 16.4. The van der Waals surface area contributed by atoms with Crippen molar-refractivity contribution in [3.63, 3.8) is 0 Å². The number of anilines is 1. The molecule has 0 atom stereocenters. The molecule has 152 valence electrons. The van der Waals surface area contributed by atoms with Gasteiger partial charge in [-0.3, -0.25) is 4.57 Å². The average Bonchev–Trinajstić information content (AvgIpc) is 3.16. The van der Waals surface area contributed by atoms with Crippen molar-refractivity contribution in [2.24, 2.45) is 0 Å². The third-order valence-corrected chi connectivity index (χ3v) is 4.97. The van der Waals surface area contributed by atoms with Gasteiger partial charge in [0.25, 0.3) is 0 Å². The number of urea groups is 1. The maximum atomic E-state index is 11.9. The van der Waals surface area contributed by atoms with Crippen molar-refractivity contribution in [3.05, 3.63) is 72.0 Å². The molecule has 0 radical (unpaired) electrons. The molecule has 6 nitrogen and oxygen atoms in total. The first kappa shape index (κ1) is 19.8. The molecule has 0 aliphatic carbocycles. The number of hydrogen-bond acceptors (Lipinski definition) is 3. The van der Waals surface area contributed by atoms with E-state index in [0.717, 1.165) is 33.6 Å². The summed E-state index contributed by atoms with van der Waals surface area (Å²) in [6.07, 6.45) is 1.77. The van der Waals surface area contributed by atoms with Gasteiger partial charge in [-0.2, -0.15) is 0 Å². The Morgan fingerprint density at radius 2 is 2.00 bits per heavy atom. The molecule has 0 bridgehead atoms. The van der Waals surface area contributed by atoms with Gasteiger partial charge in [0.2, 0.25) is 0 Å². The highest BCUT2D eigenvalue weighted by Crippen LogP contribution is 2.34. The van der Waals surface area contributed by atoms with E-state index in [-0.39, 0.29) is 6.03 Å². The molecule has 2 amide bonds. The topological polar surface area (TPSA) is 68.2 Å². The van der Waals surface area contributed by atoms with Gasteiger partial charge in [-0.25, -0.2) is 9.78 Å². The van der Waals surface area contributed by atoms with E-state index in [1.807, 2.05) is 72.2 Å². The molecule has 0 unspecified atom stereocenters. The van der Waals surface area contributed by atoms with Gasteiger partial charge < -0.3 is 15.4 Å². The first-order chi connectivity index (χ1) is 14.6. The van der Waals surface area contributed by atoms with Gasteiger partial charge in [0, 0.05) is 28.5 Å². The fourth-order valence-corrected chi connectivity index (χ4v) is 3.54. The Morgan fingerprint density at radius 3 is 2.77 bits per heavy atom. The molecule has 7 heteroatoms. The van der Waals surface area contributed by atoms with Crippen LogP contribution in [-0.4, -0.2) is 29.2 Å². The van der Waals surface area contributed by atoms with Crippen LogP contribution in [0.4, 0.5) is 10.5 Å². The molecule has 1 aromatic heterocycles. The average molecular weight is 421 g/mol. The standard InChI is InChI=1S/C23H21ClN4O2/c1-3-25-23(29)27-17-7-9-20-21(12-17)28(14-26-20)18-8-10-22(30-2)19(13-18)15-5-4-6-16(24)11-15/h4-14H,3H2,1-2H3,(H2,25,27,29). The van der Waals surface area contributed by atoms with Crippen molar-refractivity contribution < 1.29 is 9.53 Å². The Bertz CT molecular complexity index is 1220. The predicted molar refractivity (Wildman–Crippen MR) is 121 cm³/mol. The SMILES string of the molecule is CCNC(=O)Nc1ccc2ncn(-c3ccc(OC)c(-c4cccc(Cl)c4)c3)c2c1. The highest BCUT2D eigenvalue weighted by Gasteiger charge is 2.12. The maximum absolute atomic E-state index is 11.9. The molecular formula is C23H21ClN4O2. The minimum absolute atomic E-state index is 0.240. The second-order valence-electron chi connectivity index (χ2n) is 6.70. The number of nitrogens with one attached hydrogen (secondary N) is 2. The van der Waals surface area contributed by atoms with Crippen LogP contribution in [-0.2, 0) is 0 Å². The summed E-state index contributed by atoms with van der Waals surface area (Å²) in [6.45, 7) is 2.43. The third kappa shape index (κ3) is 3.95. The van der Waals surface area contributed by atoms with E-state index < -0.39 is 0 Å². The Hall–Kier alpha value is -3.51. The van der Waals surface area contributed by atoms with Crippen LogP contribution in [0.2, 0.25) is 5.02 Å². The molecule has 30 heavy (non-hydrogen) atoms. The number of halogens is 1. The second-order valence-corrected chi connectivity index (χ2v) is 7.13. The minimum Gasteiger partial charge on any atom is -0.496 e. The Labute approximate surface area is 179 Å². The summed E-state index contributed by atoms with van der Waals surface area (Å²) in [5.74, 6) is 0.754. The van der Waals surface area contributed by atoms with Crippen molar-refractivity contribution in [2.75, 3.05) is 19.0 Å². The molecular weight excluding hydrogens is 400 g/mol. The Balaban J connectivity index is 1.78. The van der Waals surface area contributed by atoms with E-state index in [0.29, 0.717) is 17.3 Å². The lowest BCUT2D eigenvalue weighted by Crippen LogP contribution is -2.28. The number of nitrogens with zero attached hydrogens (tertiary/aromatic N) is 2. The fourth-order valence-electron chi connectivity index (χ4n) is 3.35. The first-order valence-electron chi connectivity index (χ1n) is 9.55. The molecule has 2 N–H and O–H groups in total. The van der Waals surface area contributed by atoms with Crippen LogP contribution in [0.3, 0.4) is 0 Å². The number of ether oxygens (including phenoxy) is 1. The van der Waals surface area contributed by atoms with E-state index in [1.54, 1.807) is 13.4 Å². The minimum atomic E-state index is -0.240. The van der Waals surface area contributed by atoms with Gasteiger partial charge in [-0.1, -0.05) is 23.7 Å². The predicted octanol–water partition coefficient (Wildman–Crippen LogP) is 5.50. The number of carbonyl (C=O) groups excluding carboxylic acids is 1. The summed E-state index contributed by atoms with van der Waals surface area (Å²) in [6, 6.07) is 19.0. The van der Waals surface area contributed by atoms with E-state index in [4.69, 9.17) is 16.3 Å². The molecule has 0 aliphatic rings. The maximum Gasteiger partial charge on any atom is 0.319 e. The summed E-state index contributed by atoms with van der Waals surface area (Å²) < 4.78 is 7.54. The highest BCUT2D eigenvalue weighted by molar-refractivity contribution is 6.30. The van der Waals surface area contributed by atoms with Crippen LogP contribution in [0.25, 0.3) is 27.8 Å². The third-order valence-electron chi connectivity index (χ3n) is 4.74. The largest absolute Gasteiger partial charge is 0.496 e. The normalized spacial score (nSPS) is 10.8. The lowest BCUT2D eigenvalue weighted by molar-refractivity contribution is 0.252. The van der Waals surface area contributed by atoms with Crippen molar-refractivity contribution in [3.8, 4) is 22.6 Å². The quantitative estimate of drug-likeness (QED) is 0.448. The van der Waals surface area contributed by atoms with Gasteiger partial charge in [-0.15, -0.1) is 0 Å². The van der Waals surface area contributed by atoms with Crippen LogP contribution in [0.15, 0.2) is 67.0 Å². The first-order valence-corrected chi connectivity index (χ1v) is 9.93. The Morgan fingerprint density at radius 1 is 1.13 bits per heavy atom. The fraction of sp³-hybridized carbons (Fsp3) is 0.130. The molecule has 0 aliphatic heterocycles. The monoisotopic (exact) mass is 420 g/mol. The van der Waals surface area contributed by atoms with Crippen LogP contribution in [0.5, 0.6) is 5.75 Å². The lowest BCUT2D eigenvalue weighted by atomic mass is 10.0. The number of carbonyl (C=O) groups is 1.